The van der Waals surface area contributed by atoms with Crippen LogP contribution in [0.1, 0.15) is 43.1 Å². The van der Waals surface area contributed by atoms with Crippen LogP contribution in [0.5, 0.6) is 0 Å². The third-order valence-corrected chi connectivity index (χ3v) is 4.84. The summed E-state index contributed by atoms with van der Waals surface area (Å²) in [4.78, 5) is 26.0. The van der Waals surface area contributed by atoms with Crippen molar-refractivity contribution < 1.29 is 14.7 Å². The molecule has 0 radical (unpaired) electrons. The van der Waals surface area contributed by atoms with E-state index in [0.717, 1.165) is 23.5 Å². The minimum absolute atomic E-state index is 0.0214. The summed E-state index contributed by atoms with van der Waals surface area (Å²) in [6.07, 6.45) is 1.55. The van der Waals surface area contributed by atoms with E-state index < -0.39 is 5.60 Å². The number of β-amino-alcohol motifs (C(OH)–C–C–N with tert-alkyl or cyclic N) is 1. The van der Waals surface area contributed by atoms with Crippen LogP contribution in [0.15, 0.2) is 0 Å². The number of amides is 2. The molecule has 2 rings (SSSR count). The number of nitrogens with zero attached hydrogens (tertiary/aromatic N) is 3. The monoisotopic (exact) mass is 336 g/mol. The average Bonchev–Trinajstić information content (AvgIpc) is 2.81. The Bertz CT molecular complexity index is 626. The quantitative estimate of drug-likeness (QED) is 0.822. The first-order valence-corrected chi connectivity index (χ1v) is 8.53. The van der Waals surface area contributed by atoms with Crippen molar-refractivity contribution in [2.75, 3.05) is 20.1 Å². The predicted molar refractivity (Wildman–Crippen MR) is 90.5 cm³/mol. The van der Waals surface area contributed by atoms with Crippen molar-refractivity contribution in [3.05, 3.63) is 17.0 Å². The Morgan fingerprint density at radius 2 is 2.08 bits per heavy atom. The van der Waals surface area contributed by atoms with Crippen LogP contribution in [0.3, 0.4) is 0 Å². The van der Waals surface area contributed by atoms with Gasteiger partial charge in [0.05, 0.1) is 24.1 Å². The Hall–Kier alpha value is -1.89. The van der Waals surface area contributed by atoms with Crippen LogP contribution < -0.4 is 5.32 Å². The number of aryl methyl sites for hydroxylation is 2. The Balaban J connectivity index is 2.07. The molecule has 1 aromatic rings. The lowest BCUT2D eigenvalue weighted by Crippen LogP contribution is -2.52. The van der Waals surface area contributed by atoms with E-state index in [-0.39, 0.29) is 31.2 Å². The topological polar surface area (TPSA) is 87.5 Å². The average molecular weight is 336 g/mol. The summed E-state index contributed by atoms with van der Waals surface area (Å²) in [5.41, 5.74) is 1.72. The number of nitrogens with one attached hydrogen (secondary N) is 1. The van der Waals surface area contributed by atoms with Gasteiger partial charge < -0.3 is 15.3 Å². The number of carbonyl (C=O) groups excluding carboxylic acids is 2. The highest BCUT2D eigenvalue weighted by Gasteiger charge is 2.37. The Morgan fingerprint density at radius 1 is 1.38 bits per heavy atom. The summed E-state index contributed by atoms with van der Waals surface area (Å²) in [7, 11) is 1.55. The molecule has 0 bridgehead atoms. The molecule has 2 heterocycles. The maximum Gasteiger partial charge on any atom is 0.227 e. The zero-order valence-corrected chi connectivity index (χ0v) is 15.1. The number of hydrogen-bond donors (Lipinski definition) is 2. The first-order valence-electron chi connectivity index (χ1n) is 8.53. The lowest BCUT2D eigenvalue weighted by atomic mass is 9.89. The van der Waals surface area contributed by atoms with E-state index in [1.807, 2.05) is 25.5 Å². The number of likely N-dealkylation sites (tertiary alicyclic amines) is 1. The predicted octanol–water partition coefficient (Wildman–Crippen LogP) is 0.552. The molecule has 1 saturated heterocycles. The smallest absolute Gasteiger partial charge is 0.227 e. The van der Waals surface area contributed by atoms with Crippen molar-refractivity contribution >= 4 is 11.8 Å². The van der Waals surface area contributed by atoms with Crippen LogP contribution >= 0.6 is 0 Å². The highest BCUT2D eigenvalue weighted by Crippen LogP contribution is 2.25. The van der Waals surface area contributed by atoms with E-state index in [1.165, 1.54) is 0 Å². The van der Waals surface area contributed by atoms with Crippen molar-refractivity contribution in [2.24, 2.45) is 0 Å². The molecule has 1 aliphatic rings. The van der Waals surface area contributed by atoms with Crippen molar-refractivity contribution in [2.45, 2.75) is 58.6 Å². The molecule has 1 aromatic heterocycles. The van der Waals surface area contributed by atoms with Gasteiger partial charge in [-0.3, -0.25) is 14.3 Å². The van der Waals surface area contributed by atoms with Gasteiger partial charge in [0.1, 0.15) is 0 Å². The number of carbonyl (C=O) groups is 2. The second-order valence-corrected chi connectivity index (χ2v) is 6.64. The van der Waals surface area contributed by atoms with Gasteiger partial charge in [-0.2, -0.15) is 5.10 Å². The highest BCUT2D eigenvalue weighted by molar-refractivity contribution is 5.80. The molecule has 0 saturated carbocycles. The summed E-state index contributed by atoms with van der Waals surface area (Å²) in [5, 5.41) is 17.6. The summed E-state index contributed by atoms with van der Waals surface area (Å²) in [6, 6.07) is 0. The molecule has 24 heavy (non-hydrogen) atoms. The molecule has 2 amide bonds. The van der Waals surface area contributed by atoms with Gasteiger partial charge in [0.25, 0.3) is 0 Å². The third kappa shape index (κ3) is 3.95. The van der Waals surface area contributed by atoms with E-state index in [2.05, 4.69) is 10.4 Å². The van der Waals surface area contributed by atoms with Gasteiger partial charge in [0, 0.05) is 37.9 Å². The third-order valence-electron chi connectivity index (χ3n) is 4.84. The molecule has 134 valence electrons. The summed E-state index contributed by atoms with van der Waals surface area (Å²) in [5.74, 6) is -0.227. The fourth-order valence-electron chi connectivity index (χ4n) is 3.42. The standard InChI is InChI=1S/C17H28N4O3/c1-5-21-13(3)14(12(2)19-21)9-16(23)20-8-6-7-17(24,11-20)10-15(22)18-4/h24H,5-11H2,1-4H3,(H,18,22). The minimum atomic E-state index is -1.13. The van der Waals surface area contributed by atoms with Crippen molar-refractivity contribution in [1.82, 2.24) is 20.0 Å². The molecule has 0 aliphatic carbocycles. The van der Waals surface area contributed by atoms with Crippen LogP contribution in [0, 0.1) is 13.8 Å². The lowest BCUT2D eigenvalue weighted by molar-refractivity contribution is -0.141. The lowest BCUT2D eigenvalue weighted by Gasteiger charge is -2.39. The minimum Gasteiger partial charge on any atom is -0.388 e. The summed E-state index contributed by atoms with van der Waals surface area (Å²) >= 11 is 0. The number of aromatic nitrogens is 2. The van der Waals surface area contributed by atoms with Gasteiger partial charge in [-0.05, 0) is 33.6 Å². The second-order valence-electron chi connectivity index (χ2n) is 6.64. The van der Waals surface area contributed by atoms with Crippen molar-refractivity contribution in [3.8, 4) is 0 Å². The number of piperidine rings is 1. The molecule has 1 atom stereocenters. The Kier molecular flexibility index (Phi) is 5.64. The zero-order valence-electron chi connectivity index (χ0n) is 15.1. The molecule has 1 aliphatic heterocycles. The Labute approximate surface area is 143 Å². The van der Waals surface area contributed by atoms with Gasteiger partial charge >= 0.3 is 0 Å². The van der Waals surface area contributed by atoms with Gasteiger partial charge in [-0.25, -0.2) is 0 Å². The first-order chi connectivity index (χ1) is 11.3. The zero-order chi connectivity index (χ0) is 17.9. The molecule has 7 nitrogen and oxygen atoms in total. The number of aliphatic hydroxyl groups is 1. The van der Waals surface area contributed by atoms with Gasteiger partial charge in [0.2, 0.25) is 11.8 Å². The molecule has 1 fully saturated rings. The fraction of sp³-hybridized carbons (Fsp3) is 0.706. The van der Waals surface area contributed by atoms with Crippen LogP contribution in [-0.4, -0.2) is 57.3 Å². The van der Waals surface area contributed by atoms with E-state index in [0.29, 0.717) is 19.4 Å². The molecule has 0 aromatic carbocycles. The number of hydrogen-bond acceptors (Lipinski definition) is 4. The normalized spacial score (nSPS) is 21.0. The first kappa shape index (κ1) is 18.4. The van der Waals surface area contributed by atoms with Crippen molar-refractivity contribution in [1.29, 1.82) is 0 Å². The van der Waals surface area contributed by atoms with E-state index in [1.54, 1.807) is 11.9 Å². The van der Waals surface area contributed by atoms with E-state index in [9.17, 15) is 14.7 Å². The molecule has 2 N–H and O–H groups in total. The second kappa shape index (κ2) is 7.34. The molecule has 0 spiro atoms. The maximum atomic E-state index is 12.7. The highest BCUT2D eigenvalue weighted by atomic mass is 16.3. The summed E-state index contributed by atoms with van der Waals surface area (Å²) in [6.45, 7) is 7.52. The SMILES string of the molecule is CCn1nc(C)c(CC(=O)N2CCCC(O)(CC(=O)NC)C2)c1C. The fourth-order valence-corrected chi connectivity index (χ4v) is 3.42. The van der Waals surface area contributed by atoms with Crippen LogP contribution in [0.25, 0.3) is 0 Å². The molecule has 7 heteroatoms. The van der Waals surface area contributed by atoms with Gasteiger partial charge in [-0.1, -0.05) is 0 Å². The largest absolute Gasteiger partial charge is 0.388 e. The van der Waals surface area contributed by atoms with Crippen LogP contribution in [0.2, 0.25) is 0 Å². The maximum absolute atomic E-state index is 12.7. The van der Waals surface area contributed by atoms with E-state index >= 15 is 0 Å². The van der Waals surface area contributed by atoms with Gasteiger partial charge in [-0.15, -0.1) is 0 Å². The molecule has 1 unspecified atom stereocenters. The van der Waals surface area contributed by atoms with E-state index in [4.69, 9.17) is 0 Å². The number of rotatable bonds is 5. The van der Waals surface area contributed by atoms with Crippen molar-refractivity contribution in [3.63, 3.8) is 0 Å². The molecular formula is C17H28N4O3. The molecular weight excluding hydrogens is 308 g/mol. The summed E-state index contributed by atoms with van der Waals surface area (Å²) < 4.78 is 1.90. The van der Waals surface area contributed by atoms with Crippen LogP contribution in [0.4, 0.5) is 0 Å². The van der Waals surface area contributed by atoms with Crippen LogP contribution in [-0.2, 0) is 22.6 Å². The van der Waals surface area contributed by atoms with Gasteiger partial charge in [0.15, 0.2) is 0 Å². The Morgan fingerprint density at radius 3 is 2.67 bits per heavy atom.